The predicted molar refractivity (Wildman–Crippen MR) is 102 cm³/mol. The Bertz CT molecular complexity index is 760. The molecule has 0 aliphatic carbocycles. The van der Waals surface area contributed by atoms with Crippen molar-refractivity contribution in [1.29, 1.82) is 0 Å². The first-order chi connectivity index (χ1) is 12.4. The maximum Gasteiger partial charge on any atom is 0.344 e. The van der Waals surface area contributed by atoms with E-state index in [2.05, 4.69) is 4.99 Å². The van der Waals surface area contributed by atoms with Crippen LogP contribution >= 0.6 is 11.8 Å². The van der Waals surface area contributed by atoms with E-state index < -0.39 is 12.1 Å². The summed E-state index contributed by atoms with van der Waals surface area (Å²) >= 11 is 1.29. The van der Waals surface area contributed by atoms with Gasteiger partial charge in [-0.05, 0) is 44.7 Å². The van der Waals surface area contributed by atoms with Crippen LogP contribution in [-0.4, -0.2) is 53.4 Å². The lowest BCUT2D eigenvalue weighted by Gasteiger charge is -2.16. The van der Waals surface area contributed by atoms with Crippen LogP contribution in [-0.2, 0) is 9.59 Å². The van der Waals surface area contributed by atoms with Crippen LogP contribution in [0.3, 0.4) is 0 Å². The molecule has 1 fully saturated rings. The predicted octanol–water partition coefficient (Wildman–Crippen LogP) is 2.86. The summed E-state index contributed by atoms with van der Waals surface area (Å²) in [7, 11) is 1.48. The second-order valence-corrected chi connectivity index (χ2v) is 6.40. The molecule has 0 bridgehead atoms. The topological polar surface area (TPSA) is 88.4 Å². The number of amidine groups is 1. The maximum absolute atomic E-state index is 12.6. The number of nitrogens with zero attached hydrogens (tertiary/aromatic N) is 2. The van der Waals surface area contributed by atoms with E-state index in [0.29, 0.717) is 34.5 Å². The van der Waals surface area contributed by atoms with Crippen molar-refractivity contribution in [2.75, 3.05) is 20.2 Å². The molecule has 1 aliphatic rings. The Morgan fingerprint density at radius 3 is 2.73 bits per heavy atom. The molecule has 0 radical (unpaired) electrons. The summed E-state index contributed by atoms with van der Waals surface area (Å²) in [5, 5.41) is 9.79. The number of aliphatic carboxylic acids is 1. The summed E-state index contributed by atoms with van der Waals surface area (Å²) in [6.45, 7) is 6.35. The number of carbonyl (C=O) groups is 2. The van der Waals surface area contributed by atoms with Crippen molar-refractivity contribution in [3.63, 3.8) is 0 Å². The molecule has 1 saturated heterocycles. The van der Waals surface area contributed by atoms with Crippen molar-refractivity contribution in [1.82, 2.24) is 4.90 Å². The molecule has 1 aromatic rings. The van der Waals surface area contributed by atoms with Crippen molar-refractivity contribution < 1.29 is 24.2 Å². The molecule has 0 unspecified atom stereocenters. The highest BCUT2D eigenvalue weighted by atomic mass is 32.2. The summed E-state index contributed by atoms with van der Waals surface area (Å²) in [5.74, 6) is -0.535. The zero-order chi connectivity index (χ0) is 19.3. The third-order valence-corrected chi connectivity index (χ3v) is 4.70. The lowest BCUT2D eigenvalue weighted by atomic mass is 10.1. The Morgan fingerprint density at radius 1 is 1.42 bits per heavy atom. The number of carboxylic acid groups (broad SMARTS) is 1. The fourth-order valence-corrected chi connectivity index (χ4v) is 3.44. The largest absolute Gasteiger partial charge is 0.493 e. The minimum atomic E-state index is -1.09. The number of para-hydroxylation sites is 1. The van der Waals surface area contributed by atoms with E-state index in [-0.39, 0.29) is 11.7 Å². The number of rotatable bonds is 7. The van der Waals surface area contributed by atoms with Gasteiger partial charge in [0.15, 0.2) is 22.8 Å². The van der Waals surface area contributed by atoms with E-state index in [1.165, 1.54) is 25.8 Å². The third-order valence-electron chi connectivity index (χ3n) is 3.66. The number of aliphatic imine (C=N–C) groups is 1. The first-order valence-corrected chi connectivity index (χ1v) is 9.06. The summed E-state index contributed by atoms with van der Waals surface area (Å²) in [5.41, 5.74) is 0.571. The average molecular weight is 378 g/mol. The van der Waals surface area contributed by atoms with E-state index in [9.17, 15) is 9.59 Å². The van der Waals surface area contributed by atoms with E-state index >= 15 is 0 Å². The van der Waals surface area contributed by atoms with E-state index in [0.717, 1.165) is 0 Å². The number of ether oxygens (including phenoxy) is 2. The second-order valence-electron chi connectivity index (χ2n) is 5.39. The van der Waals surface area contributed by atoms with Crippen molar-refractivity contribution in [2.45, 2.75) is 26.9 Å². The molecule has 8 heteroatoms. The molecule has 1 aliphatic heterocycles. The lowest BCUT2D eigenvalue weighted by Crippen LogP contribution is -2.28. The van der Waals surface area contributed by atoms with Gasteiger partial charge in [-0.2, -0.15) is 0 Å². The van der Waals surface area contributed by atoms with Crippen LogP contribution < -0.4 is 9.47 Å². The molecule has 0 spiro atoms. The van der Waals surface area contributed by atoms with Gasteiger partial charge in [-0.1, -0.05) is 12.1 Å². The van der Waals surface area contributed by atoms with Gasteiger partial charge in [-0.3, -0.25) is 14.7 Å². The molecule has 1 aromatic carbocycles. The highest BCUT2D eigenvalue weighted by Crippen LogP contribution is 2.37. The molecule has 1 heterocycles. The highest BCUT2D eigenvalue weighted by Gasteiger charge is 2.32. The normalized spacial score (nSPS) is 18.5. The number of hydrogen-bond donors (Lipinski definition) is 1. The van der Waals surface area contributed by atoms with Gasteiger partial charge < -0.3 is 14.6 Å². The molecule has 0 saturated carbocycles. The molecule has 2 rings (SSSR count). The quantitative estimate of drug-likeness (QED) is 0.734. The van der Waals surface area contributed by atoms with E-state index in [4.69, 9.17) is 14.6 Å². The maximum atomic E-state index is 12.6. The van der Waals surface area contributed by atoms with Gasteiger partial charge in [-0.25, -0.2) is 4.79 Å². The van der Waals surface area contributed by atoms with Crippen molar-refractivity contribution in [2.24, 2.45) is 4.99 Å². The van der Waals surface area contributed by atoms with Crippen LogP contribution in [0.1, 0.15) is 26.3 Å². The monoisotopic (exact) mass is 378 g/mol. The van der Waals surface area contributed by atoms with E-state index in [1.54, 1.807) is 29.2 Å². The fourth-order valence-electron chi connectivity index (χ4n) is 2.34. The number of carboxylic acids is 1. The summed E-state index contributed by atoms with van der Waals surface area (Å²) in [6, 6.07) is 5.18. The number of methoxy groups -OCH3 is 1. The molecule has 1 amide bonds. The fraction of sp³-hybridized carbons (Fsp3) is 0.389. The average Bonchev–Trinajstić information content (AvgIpc) is 2.91. The Labute approximate surface area is 156 Å². The minimum absolute atomic E-state index is 0.134. The van der Waals surface area contributed by atoms with Crippen LogP contribution in [0.25, 0.3) is 6.08 Å². The Kier molecular flexibility index (Phi) is 6.68. The van der Waals surface area contributed by atoms with Crippen molar-refractivity contribution >= 4 is 34.9 Å². The van der Waals surface area contributed by atoms with Gasteiger partial charge in [0.2, 0.25) is 0 Å². The summed E-state index contributed by atoms with van der Waals surface area (Å²) < 4.78 is 10.9. The summed E-state index contributed by atoms with van der Waals surface area (Å²) in [4.78, 5) is 30.2. The summed E-state index contributed by atoms with van der Waals surface area (Å²) in [6.07, 6.45) is 0.625. The van der Waals surface area contributed by atoms with Gasteiger partial charge in [0.25, 0.3) is 5.91 Å². The Balaban J connectivity index is 2.45. The van der Waals surface area contributed by atoms with Gasteiger partial charge in [0.1, 0.15) is 0 Å². The number of thioether (sulfide) groups is 1. The van der Waals surface area contributed by atoms with E-state index in [1.807, 2.05) is 13.8 Å². The number of amides is 1. The van der Waals surface area contributed by atoms with Crippen molar-refractivity contribution in [3.8, 4) is 11.5 Å². The molecule has 1 atom stereocenters. The smallest absolute Gasteiger partial charge is 0.344 e. The standard InChI is InChI=1S/C18H22N2O5S/c1-5-19-18-20(6-2)16(21)14(26-18)10-12-8-7-9-13(24-4)15(12)25-11(3)17(22)23/h7-11H,5-6H2,1-4H3,(H,22,23)/b14-10-,19-18?/t11-/m1/s1. The van der Waals surface area contributed by atoms with Gasteiger partial charge in [0.05, 0.1) is 12.0 Å². The Morgan fingerprint density at radius 2 is 2.15 bits per heavy atom. The SMILES string of the molecule is CCN=C1S/C(=C\c2cccc(OC)c2O[C@H](C)C(=O)O)C(=O)N1CC. The molecule has 1 N–H and O–H groups in total. The van der Waals surface area contributed by atoms with Crippen LogP contribution in [0.15, 0.2) is 28.1 Å². The minimum Gasteiger partial charge on any atom is -0.493 e. The van der Waals surface area contributed by atoms with Crippen molar-refractivity contribution in [3.05, 3.63) is 28.7 Å². The second kappa shape index (κ2) is 8.75. The molecule has 140 valence electrons. The number of carbonyl (C=O) groups excluding carboxylic acids is 1. The zero-order valence-corrected chi connectivity index (χ0v) is 16.0. The van der Waals surface area contributed by atoms with Crippen LogP contribution in [0.2, 0.25) is 0 Å². The zero-order valence-electron chi connectivity index (χ0n) is 15.2. The van der Waals surface area contributed by atoms with Crippen LogP contribution in [0, 0.1) is 0 Å². The lowest BCUT2D eigenvalue weighted by molar-refractivity contribution is -0.144. The molecule has 0 aromatic heterocycles. The van der Waals surface area contributed by atoms with Gasteiger partial charge >= 0.3 is 5.97 Å². The molecule has 7 nitrogen and oxygen atoms in total. The van der Waals surface area contributed by atoms with Gasteiger partial charge in [-0.15, -0.1) is 0 Å². The third kappa shape index (κ3) is 4.19. The van der Waals surface area contributed by atoms with Gasteiger partial charge in [0, 0.05) is 18.7 Å². The number of benzene rings is 1. The highest BCUT2D eigenvalue weighted by molar-refractivity contribution is 8.18. The molecule has 26 heavy (non-hydrogen) atoms. The molecular weight excluding hydrogens is 356 g/mol. The van der Waals surface area contributed by atoms with Crippen LogP contribution in [0.4, 0.5) is 0 Å². The first kappa shape index (κ1) is 19.8. The first-order valence-electron chi connectivity index (χ1n) is 8.25. The Hall–Kier alpha value is -2.48. The number of hydrogen-bond acceptors (Lipinski definition) is 6. The number of likely N-dealkylation sites (N-methyl/N-ethyl adjacent to an activating group) is 1. The molecular formula is C18H22N2O5S. The van der Waals surface area contributed by atoms with Crippen LogP contribution in [0.5, 0.6) is 11.5 Å².